The predicted molar refractivity (Wildman–Crippen MR) is 85.1 cm³/mol. The van der Waals surface area contributed by atoms with Gasteiger partial charge in [0.05, 0.1) is 4.88 Å². The van der Waals surface area contributed by atoms with Crippen LogP contribution in [0, 0.1) is 6.92 Å². The molecule has 0 aromatic carbocycles. The Labute approximate surface area is 133 Å². The van der Waals surface area contributed by atoms with Gasteiger partial charge in [0.25, 0.3) is 5.56 Å². The summed E-state index contributed by atoms with van der Waals surface area (Å²) in [4.78, 5) is 24.7. The van der Waals surface area contributed by atoms with Crippen molar-refractivity contribution in [1.82, 2.24) is 20.0 Å². The fraction of sp³-hybridized carbons (Fsp3) is 0.154. The number of thiophene rings is 1. The SMILES string of the molecule is Cc1nnc(NC(=O)Cn2nc(-c3cccs3)ccc2=O)s1. The van der Waals surface area contributed by atoms with Crippen LogP contribution in [0.1, 0.15) is 5.01 Å². The zero-order valence-corrected chi connectivity index (χ0v) is 13.1. The molecule has 9 heteroatoms. The summed E-state index contributed by atoms with van der Waals surface area (Å²) in [5.74, 6) is -0.367. The van der Waals surface area contributed by atoms with E-state index >= 15 is 0 Å². The van der Waals surface area contributed by atoms with E-state index in [1.165, 1.54) is 28.7 Å². The van der Waals surface area contributed by atoms with Crippen LogP contribution in [0.4, 0.5) is 5.13 Å². The highest BCUT2D eigenvalue weighted by Crippen LogP contribution is 2.21. The second-order valence-corrected chi connectivity index (χ2v) is 6.50. The van der Waals surface area contributed by atoms with Crippen LogP contribution in [0.3, 0.4) is 0 Å². The second-order valence-electron chi connectivity index (χ2n) is 4.37. The van der Waals surface area contributed by atoms with Crippen LogP contribution in [0.15, 0.2) is 34.4 Å². The molecule has 7 nitrogen and oxygen atoms in total. The molecular weight excluding hydrogens is 322 g/mol. The summed E-state index contributed by atoms with van der Waals surface area (Å²) in [6.07, 6.45) is 0. The van der Waals surface area contributed by atoms with Gasteiger partial charge >= 0.3 is 0 Å². The topological polar surface area (TPSA) is 89.8 Å². The van der Waals surface area contributed by atoms with Crippen molar-refractivity contribution in [3.8, 4) is 10.6 Å². The molecule has 22 heavy (non-hydrogen) atoms. The van der Waals surface area contributed by atoms with Crippen LogP contribution in [0.25, 0.3) is 10.6 Å². The van der Waals surface area contributed by atoms with Gasteiger partial charge in [-0.15, -0.1) is 21.5 Å². The largest absolute Gasteiger partial charge is 0.299 e. The van der Waals surface area contributed by atoms with Gasteiger partial charge in [-0.05, 0) is 24.4 Å². The third-order valence-electron chi connectivity index (χ3n) is 2.71. The molecular formula is C13H11N5O2S2. The van der Waals surface area contributed by atoms with E-state index in [1.54, 1.807) is 13.0 Å². The molecule has 0 aliphatic rings. The number of rotatable bonds is 4. The third kappa shape index (κ3) is 3.26. The molecule has 0 saturated carbocycles. The minimum atomic E-state index is -0.367. The van der Waals surface area contributed by atoms with Gasteiger partial charge in [-0.3, -0.25) is 14.9 Å². The summed E-state index contributed by atoms with van der Waals surface area (Å²) in [6, 6.07) is 6.87. The fourth-order valence-electron chi connectivity index (χ4n) is 1.76. The van der Waals surface area contributed by atoms with Gasteiger partial charge < -0.3 is 0 Å². The molecule has 3 rings (SSSR count). The summed E-state index contributed by atoms with van der Waals surface area (Å²) in [5.41, 5.74) is 0.332. The molecule has 0 unspecified atom stereocenters. The molecule has 1 N–H and O–H groups in total. The van der Waals surface area contributed by atoms with Gasteiger partial charge in [0, 0.05) is 6.07 Å². The van der Waals surface area contributed by atoms with Crippen LogP contribution in [-0.2, 0) is 11.3 Å². The lowest BCUT2D eigenvalue weighted by molar-refractivity contribution is -0.117. The fourth-order valence-corrected chi connectivity index (χ4v) is 3.06. The standard InChI is InChI=1S/C13H11N5O2S2/c1-8-15-16-13(22-8)14-11(19)7-18-12(20)5-4-9(17-18)10-3-2-6-21-10/h2-6H,7H2,1H3,(H,14,16,19). The number of amides is 1. The first-order valence-corrected chi connectivity index (χ1v) is 8.03. The average Bonchev–Trinajstić information content (AvgIpc) is 3.13. The number of carbonyl (C=O) groups is 1. The molecule has 0 atom stereocenters. The highest BCUT2D eigenvalue weighted by atomic mass is 32.1. The molecule has 3 aromatic heterocycles. The molecule has 3 heterocycles. The monoisotopic (exact) mass is 333 g/mol. The van der Waals surface area contributed by atoms with E-state index in [1.807, 2.05) is 17.5 Å². The lowest BCUT2D eigenvalue weighted by Gasteiger charge is -2.05. The summed E-state index contributed by atoms with van der Waals surface area (Å²) in [7, 11) is 0. The third-order valence-corrected chi connectivity index (χ3v) is 4.35. The number of hydrogen-bond donors (Lipinski definition) is 1. The van der Waals surface area contributed by atoms with Gasteiger partial charge in [0.15, 0.2) is 0 Å². The first-order chi connectivity index (χ1) is 10.6. The molecule has 1 amide bonds. The second kappa shape index (κ2) is 6.16. The Bertz CT molecular complexity index is 853. The van der Waals surface area contributed by atoms with E-state index in [2.05, 4.69) is 20.6 Å². The number of nitrogens with one attached hydrogen (secondary N) is 1. The zero-order chi connectivity index (χ0) is 15.5. The smallest absolute Gasteiger partial charge is 0.267 e. The van der Waals surface area contributed by atoms with Crippen molar-refractivity contribution in [2.75, 3.05) is 5.32 Å². The van der Waals surface area contributed by atoms with Gasteiger partial charge in [-0.25, -0.2) is 4.68 Å². The molecule has 0 aliphatic carbocycles. The number of anilines is 1. The van der Waals surface area contributed by atoms with E-state index in [4.69, 9.17) is 0 Å². The van der Waals surface area contributed by atoms with E-state index in [9.17, 15) is 9.59 Å². The molecule has 112 valence electrons. The quantitative estimate of drug-likeness (QED) is 0.786. The first kappa shape index (κ1) is 14.5. The first-order valence-electron chi connectivity index (χ1n) is 6.34. The van der Waals surface area contributed by atoms with Gasteiger partial charge in [-0.2, -0.15) is 5.10 Å². The predicted octanol–water partition coefficient (Wildman–Crippen LogP) is 1.77. The van der Waals surface area contributed by atoms with Crippen molar-refractivity contribution in [1.29, 1.82) is 0 Å². The van der Waals surface area contributed by atoms with Gasteiger partial charge in [0.2, 0.25) is 11.0 Å². The van der Waals surface area contributed by atoms with Crippen LogP contribution < -0.4 is 10.9 Å². The highest BCUT2D eigenvalue weighted by Gasteiger charge is 2.10. The Morgan fingerprint density at radius 3 is 2.86 bits per heavy atom. The van der Waals surface area contributed by atoms with Crippen molar-refractivity contribution in [3.63, 3.8) is 0 Å². The van der Waals surface area contributed by atoms with Crippen molar-refractivity contribution >= 4 is 33.7 Å². The number of aryl methyl sites for hydroxylation is 1. The maximum absolute atomic E-state index is 12.0. The molecule has 0 saturated heterocycles. The van der Waals surface area contributed by atoms with E-state index in [0.717, 1.165) is 14.6 Å². The van der Waals surface area contributed by atoms with Crippen molar-refractivity contribution < 1.29 is 4.79 Å². The Morgan fingerprint density at radius 1 is 1.32 bits per heavy atom. The normalized spacial score (nSPS) is 10.6. The summed E-state index contributed by atoms with van der Waals surface area (Å²) < 4.78 is 1.14. The van der Waals surface area contributed by atoms with Crippen molar-refractivity contribution in [2.24, 2.45) is 0 Å². The highest BCUT2D eigenvalue weighted by molar-refractivity contribution is 7.15. The number of hydrogen-bond acceptors (Lipinski definition) is 7. The Morgan fingerprint density at radius 2 is 2.18 bits per heavy atom. The lowest BCUT2D eigenvalue weighted by atomic mass is 10.3. The average molecular weight is 333 g/mol. The maximum atomic E-state index is 12.0. The number of aromatic nitrogens is 4. The Hall–Kier alpha value is -2.39. The molecule has 0 spiro atoms. The van der Waals surface area contributed by atoms with Crippen LogP contribution in [0.5, 0.6) is 0 Å². The minimum Gasteiger partial charge on any atom is -0.299 e. The molecule has 0 aliphatic heterocycles. The number of nitrogens with zero attached hydrogens (tertiary/aromatic N) is 4. The van der Waals surface area contributed by atoms with E-state index < -0.39 is 0 Å². The summed E-state index contributed by atoms with van der Waals surface area (Å²) in [6.45, 7) is 1.63. The van der Waals surface area contributed by atoms with Gasteiger partial charge in [-0.1, -0.05) is 17.4 Å². The van der Waals surface area contributed by atoms with E-state index in [-0.39, 0.29) is 18.0 Å². The Balaban J connectivity index is 1.78. The van der Waals surface area contributed by atoms with Crippen LogP contribution in [0.2, 0.25) is 0 Å². The summed E-state index contributed by atoms with van der Waals surface area (Å²) >= 11 is 2.79. The van der Waals surface area contributed by atoms with E-state index in [0.29, 0.717) is 10.8 Å². The zero-order valence-electron chi connectivity index (χ0n) is 11.5. The summed E-state index contributed by atoms with van der Waals surface area (Å²) in [5, 5.41) is 17.5. The molecule has 3 aromatic rings. The van der Waals surface area contributed by atoms with Gasteiger partial charge in [0.1, 0.15) is 17.2 Å². The maximum Gasteiger partial charge on any atom is 0.267 e. The van der Waals surface area contributed by atoms with Crippen LogP contribution in [-0.4, -0.2) is 25.9 Å². The van der Waals surface area contributed by atoms with Crippen molar-refractivity contribution in [3.05, 3.63) is 45.0 Å². The number of carbonyl (C=O) groups excluding carboxylic acids is 1. The van der Waals surface area contributed by atoms with Crippen molar-refractivity contribution in [2.45, 2.75) is 13.5 Å². The molecule has 0 bridgehead atoms. The molecule has 0 radical (unpaired) electrons. The molecule has 0 fully saturated rings. The minimum absolute atomic E-state index is 0.170. The van der Waals surface area contributed by atoms with Crippen LogP contribution >= 0.6 is 22.7 Å². The Kier molecular flexibility index (Phi) is 4.07. The lowest BCUT2D eigenvalue weighted by Crippen LogP contribution is -2.29.